The molecule has 146 valence electrons. The summed E-state index contributed by atoms with van der Waals surface area (Å²) >= 11 is 0. The molecule has 0 spiro atoms. The number of fused-ring (bicyclic) bond motifs is 1. The smallest absolute Gasteiger partial charge is 0.306 e. The Morgan fingerprint density at radius 2 is 1.75 bits per heavy atom. The number of pyridine rings is 1. The maximum Gasteiger partial charge on any atom is 0.306 e. The Balaban J connectivity index is 1.78. The predicted molar refractivity (Wildman–Crippen MR) is 115 cm³/mol. The Morgan fingerprint density at radius 3 is 2.46 bits per heavy atom. The molecule has 0 aliphatic heterocycles. The van der Waals surface area contributed by atoms with Gasteiger partial charge in [0.1, 0.15) is 5.60 Å². The molecule has 0 saturated heterocycles. The van der Waals surface area contributed by atoms with Crippen LogP contribution in [-0.4, -0.2) is 16.6 Å². The number of esters is 1. The lowest BCUT2D eigenvalue weighted by Gasteiger charge is -2.19. The first-order valence-corrected chi connectivity index (χ1v) is 9.99. The number of rotatable bonds is 6. The molecule has 3 nitrogen and oxygen atoms in total. The standard InChI is InChI=1S/C25H29NO2/c1-18-14-15-20-17-21(19-10-6-5-7-11-19)22(26-23(20)16-18)12-8-9-13-24(27)28-25(2,3)4/h5-7,10-11,14-17H,8-9,12-13H2,1-4H3. The van der Waals surface area contributed by atoms with Crippen LogP contribution in [0.1, 0.15) is 51.3 Å². The number of hydrogen-bond donors (Lipinski definition) is 0. The number of aryl methyl sites for hydroxylation is 2. The number of aromatic nitrogens is 1. The van der Waals surface area contributed by atoms with Crippen molar-refractivity contribution in [1.82, 2.24) is 4.98 Å². The number of unbranched alkanes of at least 4 members (excludes halogenated alkanes) is 1. The molecule has 0 unspecified atom stereocenters. The minimum absolute atomic E-state index is 0.127. The van der Waals surface area contributed by atoms with Gasteiger partial charge in [-0.05, 0) is 70.2 Å². The third-order valence-corrected chi connectivity index (χ3v) is 4.60. The summed E-state index contributed by atoms with van der Waals surface area (Å²) in [4.78, 5) is 16.9. The lowest BCUT2D eigenvalue weighted by Crippen LogP contribution is -2.23. The molecule has 1 aromatic heterocycles. The maximum absolute atomic E-state index is 11.9. The molecule has 3 aromatic rings. The van der Waals surface area contributed by atoms with E-state index in [0.717, 1.165) is 35.9 Å². The van der Waals surface area contributed by atoms with Gasteiger partial charge in [0.05, 0.1) is 5.52 Å². The van der Waals surface area contributed by atoms with Crippen LogP contribution in [0.25, 0.3) is 22.0 Å². The van der Waals surface area contributed by atoms with Crippen LogP contribution in [0.3, 0.4) is 0 Å². The van der Waals surface area contributed by atoms with E-state index in [2.05, 4.69) is 55.5 Å². The molecule has 0 saturated carbocycles. The predicted octanol–water partition coefficient (Wildman–Crippen LogP) is 6.26. The Bertz CT molecular complexity index is 955. The van der Waals surface area contributed by atoms with Crippen LogP contribution >= 0.6 is 0 Å². The third kappa shape index (κ3) is 5.41. The Labute approximate surface area is 167 Å². The summed E-state index contributed by atoms with van der Waals surface area (Å²) in [6.07, 6.45) is 3.00. The van der Waals surface area contributed by atoms with Gasteiger partial charge in [-0.25, -0.2) is 0 Å². The highest BCUT2D eigenvalue weighted by molar-refractivity contribution is 5.85. The van der Waals surface area contributed by atoms with E-state index in [9.17, 15) is 4.79 Å². The molecule has 0 bridgehead atoms. The zero-order valence-corrected chi connectivity index (χ0v) is 17.3. The SMILES string of the molecule is Cc1ccc2cc(-c3ccccc3)c(CCCCC(=O)OC(C)(C)C)nc2c1. The normalized spacial score (nSPS) is 11.6. The van der Waals surface area contributed by atoms with Crippen LogP contribution in [0.2, 0.25) is 0 Å². The van der Waals surface area contributed by atoms with Crippen LogP contribution in [0.5, 0.6) is 0 Å². The van der Waals surface area contributed by atoms with Crippen molar-refractivity contribution >= 4 is 16.9 Å². The van der Waals surface area contributed by atoms with Crippen molar-refractivity contribution in [3.05, 3.63) is 65.9 Å². The van der Waals surface area contributed by atoms with E-state index in [1.165, 1.54) is 16.7 Å². The van der Waals surface area contributed by atoms with E-state index in [4.69, 9.17) is 9.72 Å². The van der Waals surface area contributed by atoms with Gasteiger partial charge in [-0.2, -0.15) is 0 Å². The Hall–Kier alpha value is -2.68. The van der Waals surface area contributed by atoms with Gasteiger partial charge >= 0.3 is 5.97 Å². The highest BCUT2D eigenvalue weighted by Crippen LogP contribution is 2.28. The van der Waals surface area contributed by atoms with Crippen LogP contribution in [0.4, 0.5) is 0 Å². The number of ether oxygens (including phenoxy) is 1. The molecule has 3 heteroatoms. The summed E-state index contributed by atoms with van der Waals surface area (Å²) in [7, 11) is 0. The molecule has 0 atom stereocenters. The van der Waals surface area contributed by atoms with Crippen molar-refractivity contribution in [1.29, 1.82) is 0 Å². The molecule has 0 aliphatic carbocycles. The van der Waals surface area contributed by atoms with Gasteiger partial charge in [0.2, 0.25) is 0 Å². The Morgan fingerprint density at radius 1 is 1.00 bits per heavy atom. The van der Waals surface area contributed by atoms with Crippen LogP contribution < -0.4 is 0 Å². The van der Waals surface area contributed by atoms with Gasteiger partial charge in [-0.15, -0.1) is 0 Å². The monoisotopic (exact) mass is 375 g/mol. The maximum atomic E-state index is 11.9. The summed E-state index contributed by atoms with van der Waals surface area (Å²) in [5.41, 5.74) is 5.27. The summed E-state index contributed by atoms with van der Waals surface area (Å²) in [5.74, 6) is -0.127. The molecule has 0 fully saturated rings. The van der Waals surface area contributed by atoms with Gasteiger partial charge in [0.15, 0.2) is 0 Å². The molecule has 0 amide bonds. The average Bonchev–Trinajstić information content (AvgIpc) is 2.64. The van der Waals surface area contributed by atoms with Crippen LogP contribution in [-0.2, 0) is 16.0 Å². The van der Waals surface area contributed by atoms with Crippen molar-refractivity contribution < 1.29 is 9.53 Å². The highest BCUT2D eigenvalue weighted by Gasteiger charge is 2.16. The topological polar surface area (TPSA) is 39.2 Å². The largest absolute Gasteiger partial charge is 0.460 e. The van der Waals surface area contributed by atoms with Gasteiger partial charge in [0, 0.05) is 23.1 Å². The van der Waals surface area contributed by atoms with Gasteiger partial charge < -0.3 is 4.74 Å². The zero-order chi connectivity index (χ0) is 20.1. The number of carbonyl (C=O) groups is 1. The quantitative estimate of drug-likeness (QED) is 0.377. The fourth-order valence-electron chi connectivity index (χ4n) is 3.33. The number of benzene rings is 2. The second-order valence-electron chi connectivity index (χ2n) is 8.34. The Kier molecular flexibility index (Phi) is 6.13. The van der Waals surface area contributed by atoms with E-state index in [1.807, 2.05) is 26.8 Å². The first-order chi connectivity index (χ1) is 13.3. The molecule has 3 rings (SSSR count). The molecular formula is C25H29NO2. The zero-order valence-electron chi connectivity index (χ0n) is 17.3. The molecule has 0 radical (unpaired) electrons. The lowest BCUT2D eigenvalue weighted by atomic mass is 9.98. The first kappa shape index (κ1) is 20.1. The third-order valence-electron chi connectivity index (χ3n) is 4.60. The van der Waals surface area contributed by atoms with Gasteiger partial charge in [-0.1, -0.05) is 42.5 Å². The minimum Gasteiger partial charge on any atom is -0.460 e. The summed E-state index contributed by atoms with van der Waals surface area (Å²) in [6, 6.07) is 19.0. The highest BCUT2D eigenvalue weighted by atomic mass is 16.6. The van der Waals surface area contributed by atoms with E-state index < -0.39 is 5.60 Å². The second kappa shape index (κ2) is 8.55. The van der Waals surface area contributed by atoms with Crippen molar-refractivity contribution in [2.45, 2.75) is 59.0 Å². The molecule has 28 heavy (non-hydrogen) atoms. The van der Waals surface area contributed by atoms with E-state index in [-0.39, 0.29) is 5.97 Å². The van der Waals surface area contributed by atoms with Crippen molar-refractivity contribution in [2.24, 2.45) is 0 Å². The molecule has 2 aromatic carbocycles. The number of hydrogen-bond acceptors (Lipinski definition) is 3. The van der Waals surface area contributed by atoms with Crippen LogP contribution in [0.15, 0.2) is 54.6 Å². The summed E-state index contributed by atoms with van der Waals surface area (Å²) in [5, 5.41) is 1.15. The average molecular weight is 376 g/mol. The molecule has 0 aliphatic rings. The number of carbonyl (C=O) groups excluding carboxylic acids is 1. The summed E-state index contributed by atoms with van der Waals surface area (Å²) in [6.45, 7) is 7.79. The second-order valence-corrected chi connectivity index (χ2v) is 8.34. The molecule has 0 N–H and O–H groups in total. The molecule has 1 heterocycles. The van der Waals surface area contributed by atoms with Crippen molar-refractivity contribution in [3.8, 4) is 11.1 Å². The van der Waals surface area contributed by atoms with E-state index >= 15 is 0 Å². The van der Waals surface area contributed by atoms with Gasteiger partial charge in [0.25, 0.3) is 0 Å². The van der Waals surface area contributed by atoms with Crippen molar-refractivity contribution in [2.75, 3.05) is 0 Å². The van der Waals surface area contributed by atoms with Crippen molar-refractivity contribution in [3.63, 3.8) is 0 Å². The van der Waals surface area contributed by atoms with E-state index in [1.54, 1.807) is 0 Å². The van der Waals surface area contributed by atoms with E-state index in [0.29, 0.717) is 6.42 Å². The summed E-state index contributed by atoms with van der Waals surface area (Å²) < 4.78 is 5.40. The van der Waals surface area contributed by atoms with Gasteiger partial charge in [-0.3, -0.25) is 9.78 Å². The fourth-order valence-corrected chi connectivity index (χ4v) is 3.33. The first-order valence-electron chi connectivity index (χ1n) is 9.99. The molecular weight excluding hydrogens is 346 g/mol. The lowest BCUT2D eigenvalue weighted by molar-refractivity contribution is -0.154. The van der Waals surface area contributed by atoms with Crippen LogP contribution in [0, 0.1) is 6.92 Å². The fraction of sp³-hybridized carbons (Fsp3) is 0.360. The number of nitrogens with zero attached hydrogens (tertiary/aromatic N) is 1. The minimum atomic E-state index is -0.421.